The maximum absolute atomic E-state index is 12.8. The van der Waals surface area contributed by atoms with Crippen molar-refractivity contribution in [3.63, 3.8) is 0 Å². The second-order valence-electron chi connectivity index (χ2n) is 5.30. The zero-order valence-electron chi connectivity index (χ0n) is 13.3. The average Bonchev–Trinajstić information content (AvgIpc) is 3.05. The largest absolute Gasteiger partial charge is 0.350 e. The Hall–Kier alpha value is -3.27. The molecule has 2 aromatic carbocycles. The van der Waals surface area contributed by atoms with Gasteiger partial charge in [0.2, 0.25) is 5.78 Å². The van der Waals surface area contributed by atoms with E-state index in [2.05, 4.69) is 10.2 Å². The lowest BCUT2D eigenvalue weighted by Gasteiger charge is -2.04. The second kappa shape index (κ2) is 7.33. The molecule has 0 saturated heterocycles. The Labute approximate surface area is 140 Å². The lowest BCUT2D eigenvalue weighted by molar-refractivity contribution is 0.106. The molecule has 0 atom stereocenters. The van der Waals surface area contributed by atoms with Crippen LogP contribution in [0.2, 0.25) is 0 Å². The molecule has 3 rings (SSSR count). The van der Waals surface area contributed by atoms with Gasteiger partial charge in [0.1, 0.15) is 5.71 Å². The van der Waals surface area contributed by atoms with Crippen LogP contribution in [0.3, 0.4) is 0 Å². The topological polar surface area (TPSA) is 46.7 Å². The standard InChI is InChI=1S/C20H17N3O/c1-23-14-8-13-18(23)15-21-22-19(16-9-4-2-5-10-16)20(24)17-11-6-3-7-12-17/h2-15H,1H3/b21-15+,22-19+. The van der Waals surface area contributed by atoms with E-state index in [1.54, 1.807) is 18.3 Å². The van der Waals surface area contributed by atoms with Gasteiger partial charge in [0, 0.05) is 24.4 Å². The lowest BCUT2D eigenvalue weighted by Crippen LogP contribution is -2.15. The molecule has 4 heteroatoms. The van der Waals surface area contributed by atoms with E-state index in [-0.39, 0.29) is 5.78 Å². The molecule has 1 aromatic heterocycles. The van der Waals surface area contributed by atoms with E-state index >= 15 is 0 Å². The minimum atomic E-state index is -0.147. The van der Waals surface area contributed by atoms with Gasteiger partial charge < -0.3 is 4.57 Å². The summed E-state index contributed by atoms with van der Waals surface area (Å²) in [5.41, 5.74) is 2.58. The van der Waals surface area contributed by atoms with E-state index < -0.39 is 0 Å². The number of carbonyl (C=O) groups excluding carboxylic acids is 1. The molecule has 4 nitrogen and oxygen atoms in total. The van der Waals surface area contributed by atoms with E-state index in [9.17, 15) is 4.79 Å². The number of benzene rings is 2. The number of hydrogen-bond acceptors (Lipinski definition) is 3. The van der Waals surface area contributed by atoms with Crippen molar-refractivity contribution in [1.82, 2.24) is 4.57 Å². The predicted octanol–water partition coefficient (Wildman–Crippen LogP) is 3.73. The highest BCUT2D eigenvalue weighted by Gasteiger charge is 2.15. The quantitative estimate of drug-likeness (QED) is 0.402. The summed E-state index contributed by atoms with van der Waals surface area (Å²) in [7, 11) is 1.93. The van der Waals surface area contributed by atoms with Crippen molar-refractivity contribution in [3.05, 3.63) is 95.8 Å². The molecular weight excluding hydrogens is 298 g/mol. The summed E-state index contributed by atoms with van der Waals surface area (Å²) >= 11 is 0. The third kappa shape index (κ3) is 3.55. The van der Waals surface area contributed by atoms with Gasteiger partial charge in [-0.2, -0.15) is 5.10 Å². The second-order valence-corrected chi connectivity index (χ2v) is 5.30. The molecule has 0 unspecified atom stereocenters. The van der Waals surface area contributed by atoms with E-state index in [4.69, 9.17) is 0 Å². The highest BCUT2D eigenvalue weighted by molar-refractivity contribution is 6.51. The monoisotopic (exact) mass is 315 g/mol. The van der Waals surface area contributed by atoms with E-state index in [0.717, 1.165) is 11.3 Å². The zero-order valence-corrected chi connectivity index (χ0v) is 13.3. The fourth-order valence-corrected chi connectivity index (χ4v) is 2.31. The molecule has 0 N–H and O–H groups in total. The van der Waals surface area contributed by atoms with Crippen molar-refractivity contribution in [2.75, 3.05) is 0 Å². The van der Waals surface area contributed by atoms with Crippen molar-refractivity contribution in [1.29, 1.82) is 0 Å². The molecule has 3 aromatic rings. The van der Waals surface area contributed by atoms with Crippen LogP contribution in [-0.4, -0.2) is 22.3 Å². The first-order chi connectivity index (χ1) is 11.8. The molecule has 24 heavy (non-hydrogen) atoms. The number of rotatable bonds is 5. The third-order valence-electron chi connectivity index (χ3n) is 3.63. The Morgan fingerprint density at radius 1 is 0.875 bits per heavy atom. The minimum Gasteiger partial charge on any atom is -0.350 e. The summed E-state index contributed by atoms with van der Waals surface area (Å²) in [4.78, 5) is 12.8. The minimum absolute atomic E-state index is 0.147. The van der Waals surface area contributed by atoms with Crippen LogP contribution >= 0.6 is 0 Å². The highest BCUT2D eigenvalue weighted by atomic mass is 16.1. The van der Waals surface area contributed by atoms with Crippen molar-refractivity contribution in [2.45, 2.75) is 0 Å². The van der Waals surface area contributed by atoms with Gasteiger partial charge in [0.25, 0.3) is 0 Å². The summed E-state index contributed by atoms with van der Waals surface area (Å²) in [5, 5.41) is 8.33. The number of aryl methyl sites for hydroxylation is 1. The Morgan fingerprint density at radius 2 is 1.50 bits per heavy atom. The van der Waals surface area contributed by atoms with Gasteiger partial charge in [-0.1, -0.05) is 60.7 Å². The van der Waals surface area contributed by atoms with Crippen LogP contribution < -0.4 is 0 Å². The molecule has 0 bridgehead atoms. The van der Waals surface area contributed by atoms with Crippen molar-refractivity contribution < 1.29 is 4.79 Å². The SMILES string of the molecule is Cn1cccc1/C=N/N=C(/C(=O)c1ccccc1)c1ccccc1. The van der Waals surface area contributed by atoms with Gasteiger partial charge in [-0.05, 0) is 12.1 Å². The Kier molecular flexibility index (Phi) is 4.77. The van der Waals surface area contributed by atoms with Gasteiger partial charge in [-0.25, -0.2) is 0 Å². The van der Waals surface area contributed by atoms with Crippen LogP contribution in [0.25, 0.3) is 0 Å². The van der Waals surface area contributed by atoms with Crippen LogP contribution in [0.15, 0.2) is 89.2 Å². The summed E-state index contributed by atoms with van der Waals surface area (Å²) in [6, 6.07) is 22.3. The number of hydrogen-bond donors (Lipinski definition) is 0. The molecule has 0 saturated carbocycles. The van der Waals surface area contributed by atoms with Crippen LogP contribution in [0.4, 0.5) is 0 Å². The molecule has 0 aliphatic carbocycles. The molecule has 0 aliphatic rings. The first kappa shape index (κ1) is 15.6. The summed E-state index contributed by atoms with van der Waals surface area (Å²) in [6.45, 7) is 0. The van der Waals surface area contributed by atoms with Crippen molar-refractivity contribution in [2.24, 2.45) is 17.3 Å². The van der Waals surface area contributed by atoms with Gasteiger partial charge in [-0.15, -0.1) is 5.10 Å². The van der Waals surface area contributed by atoms with Crippen LogP contribution in [-0.2, 0) is 7.05 Å². The Bertz CT molecular complexity index is 878. The maximum atomic E-state index is 12.8. The maximum Gasteiger partial charge on any atom is 0.213 e. The molecule has 0 aliphatic heterocycles. The van der Waals surface area contributed by atoms with E-state index in [1.807, 2.05) is 78.5 Å². The number of carbonyl (C=O) groups is 1. The average molecular weight is 315 g/mol. The lowest BCUT2D eigenvalue weighted by atomic mass is 10.0. The summed E-state index contributed by atoms with van der Waals surface area (Å²) in [6.07, 6.45) is 3.57. The molecule has 0 radical (unpaired) electrons. The molecule has 118 valence electrons. The molecule has 1 heterocycles. The third-order valence-corrected chi connectivity index (χ3v) is 3.63. The number of ketones is 1. The number of Topliss-reactive ketones (excluding diaryl/α,β-unsaturated/α-hetero) is 1. The first-order valence-electron chi connectivity index (χ1n) is 7.63. The smallest absolute Gasteiger partial charge is 0.213 e. The van der Waals surface area contributed by atoms with Crippen LogP contribution in [0.1, 0.15) is 21.6 Å². The normalized spacial score (nSPS) is 11.8. The van der Waals surface area contributed by atoms with Crippen molar-refractivity contribution in [3.8, 4) is 0 Å². The van der Waals surface area contributed by atoms with Gasteiger partial charge >= 0.3 is 0 Å². The fourth-order valence-electron chi connectivity index (χ4n) is 2.31. The molecule has 0 amide bonds. The van der Waals surface area contributed by atoms with Gasteiger partial charge in [-0.3, -0.25) is 4.79 Å². The van der Waals surface area contributed by atoms with Crippen molar-refractivity contribution >= 4 is 17.7 Å². The fraction of sp³-hybridized carbons (Fsp3) is 0.0500. The molecule has 0 fully saturated rings. The number of nitrogens with zero attached hydrogens (tertiary/aromatic N) is 3. The zero-order chi connectivity index (χ0) is 16.8. The van der Waals surface area contributed by atoms with Gasteiger partial charge in [0.15, 0.2) is 0 Å². The molecular formula is C20H17N3O. The summed E-state index contributed by atoms with van der Waals surface area (Å²) in [5.74, 6) is -0.147. The van der Waals surface area contributed by atoms with E-state index in [1.165, 1.54) is 0 Å². The highest BCUT2D eigenvalue weighted by Crippen LogP contribution is 2.09. The predicted molar refractivity (Wildman–Crippen MR) is 96.8 cm³/mol. The van der Waals surface area contributed by atoms with Crippen LogP contribution in [0, 0.1) is 0 Å². The summed E-state index contributed by atoms with van der Waals surface area (Å²) < 4.78 is 1.93. The number of aromatic nitrogens is 1. The Balaban J connectivity index is 1.97. The molecule has 0 spiro atoms. The Morgan fingerprint density at radius 3 is 2.08 bits per heavy atom. The van der Waals surface area contributed by atoms with Gasteiger partial charge in [0.05, 0.1) is 11.9 Å². The first-order valence-corrected chi connectivity index (χ1v) is 7.63. The van der Waals surface area contributed by atoms with Crippen LogP contribution in [0.5, 0.6) is 0 Å². The van der Waals surface area contributed by atoms with E-state index in [0.29, 0.717) is 11.3 Å².